The Morgan fingerprint density at radius 2 is 1.96 bits per heavy atom. The number of amides is 1. The Labute approximate surface area is 152 Å². The highest BCUT2D eigenvalue weighted by Crippen LogP contribution is 2.32. The highest BCUT2D eigenvalue weighted by Gasteiger charge is 2.29. The molecule has 0 unspecified atom stereocenters. The van der Waals surface area contributed by atoms with Crippen molar-refractivity contribution < 1.29 is 14.3 Å². The van der Waals surface area contributed by atoms with E-state index in [4.69, 9.17) is 15.2 Å². The second kappa shape index (κ2) is 7.33. The lowest BCUT2D eigenvalue weighted by molar-refractivity contribution is 0.0889. The number of hydrogen-bond donors (Lipinski definition) is 2. The Hall–Kier alpha value is -2.61. The Morgan fingerprint density at radius 1 is 1.27 bits per heavy atom. The number of nitrogens with one attached hydrogen (secondary N) is 1. The van der Waals surface area contributed by atoms with Crippen LogP contribution in [0.1, 0.15) is 42.9 Å². The smallest absolute Gasteiger partial charge is 0.274 e. The van der Waals surface area contributed by atoms with Gasteiger partial charge in [-0.3, -0.25) is 4.79 Å². The monoisotopic (exact) mass is 359 g/mol. The molecule has 2 aromatic rings. The number of benzene rings is 1. The van der Waals surface area contributed by atoms with E-state index < -0.39 is 5.54 Å². The Morgan fingerprint density at radius 3 is 2.62 bits per heavy atom. The van der Waals surface area contributed by atoms with Crippen molar-refractivity contribution >= 4 is 5.91 Å². The summed E-state index contributed by atoms with van der Waals surface area (Å²) in [6, 6.07) is 5.53. The molecule has 2 heterocycles. The van der Waals surface area contributed by atoms with Crippen LogP contribution in [0, 0.1) is 6.92 Å². The molecule has 3 rings (SSSR count). The zero-order valence-electron chi connectivity index (χ0n) is 15.4. The molecule has 140 valence electrons. The van der Waals surface area contributed by atoms with Gasteiger partial charge in [-0.25, -0.2) is 4.68 Å². The van der Waals surface area contributed by atoms with Crippen LogP contribution in [0.5, 0.6) is 11.5 Å². The van der Waals surface area contributed by atoms with E-state index in [0.29, 0.717) is 42.6 Å². The number of aromatic nitrogens is 3. The highest BCUT2D eigenvalue weighted by molar-refractivity contribution is 5.93. The zero-order chi connectivity index (χ0) is 18.7. The minimum Gasteiger partial charge on any atom is -0.486 e. The molecule has 0 fully saturated rings. The Balaban J connectivity index is 1.87. The third-order valence-corrected chi connectivity index (χ3v) is 5.00. The summed E-state index contributed by atoms with van der Waals surface area (Å²) < 4.78 is 12.8. The lowest BCUT2D eigenvalue weighted by atomic mass is 9.92. The lowest BCUT2D eigenvalue weighted by Gasteiger charge is -2.31. The fraction of sp³-hybridized carbons (Fsp3) is 0.500. The minimum atomic E-state index is -0.426. The third kappa shape index (κ3) is 3.24. The van der Waals surface area contributed by atoms with Gasteiger partial charge in [-0.15, -0.1) is 5.10 Å². The van der Waals surface area contributed by atoms with Crippen LogP contribution < -0.4 is 20.5 Å². The number of nitrogens with two attached hydrogens (primary N) is 1. The molecule has 0 saturated heterocycles. The molecule has 0 bridgehead atoms. The number of fused-ring (bicyclic) bond motifs is 1. The first kappa shape index (κ1) is 18.2. The summed E-state index contributed by atoms with van der Waals surface area (Å²) in [6.07, 6.45) is 1.50. The van der Waals surface area contributed by atoms with Gasteiger partial charge < -0.3 is 20.5 Å². The van der Waals surface area contributed by atoms with Gasteiger partial charge in [0.05, 0.1) is 16.9 Å². The van der Waals surface area contributed by atoms with Crippen LogP contribution in [-0.2, 0) is 0 Å². The second-order valence-electron chi connectivity index (χ2n) is 6.41. The first-order valence-electron chi connectivity index (χ1n) is 8.88. The summed E-state index contributed by atoms with van der Waals surface area (Å²) in [5.74, 6) is 1.10. The van der Waals surface area contributed by atoms with E-state index in [2.05, 4.69) is 15.6 Å². The molecule has 0 atom stereocenters. The van der Waals surface area contributed by atoms with Crippen LogP contribution in [0.2, 0.25) is 0 Å². The normalized spacial score (nSPS) is 13.5. The molecule has 3 N–H and O–H groups in total. The van der Waals surface area contributed by atoms with Crippen molar-refractivity contribution in [2.75, 3.05) is 19.8 Å². The first-order valence-corrected chi connectivity index (χ1v) is 8.88. The summed E-state index contributed by atoms with van der Waals surface area (Å²) in [5.41, 5.74) is 7.15. The molecule has 0 spiro atoms. The van der Waals surface area contributed by atoms with Gasteiger partial charge in [0.2, 0.25) is 0 Å². The topological polar surface area (TPSA) is 104 Å². The molecule has 26 heavy (non-hydrogen) atoms. The second-order valence-corrected chi connectivity index (χ2v) is 6.41. The van der Waals surface area contributed by atoms with E-state index in [0.717, 1.165) is 18.5 Å². The Kier molecular flexibility index (Phi) is 5.13. The molecule has 1 aliphatic heterocycles. The quantitative estimate of drug-likeness (QED) is 0.812. The first-order chi connectivity index (χ1) is 12.5. The molecule has 1 amide bonds. The number of rotatable bonds is 6. The largest absolute Gasteiger partial charge is 0.486 e. The summed E-state index contributed by atoms with van der Waals surface area (Å²) in [6.45, 7) is 7.26. The van der Waals surface area contributed by atoms with Crippen molar-refractivity contribution in [2.24, 2.45) is 5.73 Å². The highest BCUT2D eigenvalue weighted by atomic mass is 16.6. The molecule has 1 aromatic heterocycles. The van der Waals surface area contributed by atoms with E-state index in [9.17, 15) is 4.79 Å². The van der Waals surface area contributed by atoms with Crippen molar-refractivity contribution in [3.63, 3.8) is 0 Å². The maximum atomic E-state index is 12.7. The van der Waals surface area contributed by atoms with Crippen LogP contribution >= 0.6 is 0 Å². The van der Waals surface area contributed by atoms with Gasteiger partial charge in [-0.2, -0.15) is 0 Å². The number of hydrogen-bond acceptors (Lipinski definition) is 6. The molecule has 8 heteroatoms. The van der Waals surface area contributed by atoms with Gasteiger partial charge >= 0.3 is 0 Å². The van der Waals surface area contributed by atoms with Crippen LogP contribution in [0.4, 0.5) is 0 Å². The average Bonchev–Trinajstić information content (AvgIpc) is 3.07. The van der Waals surface area contributed by atoms with Crippen molar-refractivity contribution in [3.8, 4) is 17.2 Å². The molecule has 0 aliphatic carbocycles. The van der Waals surface area contributed by atoms with Gasteiger partial charge in [0.25, 0.3) is 5.91 Å². The molecule has 0 saturated carbocycles. The number of carbonyl (C=O) groups is 1. The van der Waals surface area contributed by atoms with Gasteiger partial charge in [0, 0.05) is 12.6 Å². The van der Waals surface area contributed by atoms with E-state index in [1.54, 1.807) is 4.68 Å². The third-order valence-electron chi connectivity index (χ3n) is 5.00. The average molecular weight is 359 g/mol. The predicted molar refractivity (Wildman–Crippen MR) is 96.9 cm³/mol. The lowest BCUT2D eigenvalue weighted by Crippen LogP contribution is -2.53. The predicted octanol–water partition coefficient (Wildman–Crippen LogP) is 1.59. The number of carbonyl (C=O) groups excluding carboxylic acids is 1. The summed E-state index contributed by atoms with van der Waals surface area (Å²) in [4.78, 5) is 12.7. The number of ether oxygens (including phenoxy) is 2. The molecular weight excluding hydrogens is 334 g/mol. The maximum absolute atomic E-state index is 12.7. The van der Waals surface area contributed by atoms with Crippen LogP contribution in [0.15, 0.2) is 18.2 Å². The van der Waals surface area contributed by atoms with E-state index in [-0.39, 0.29) is 5.91 Å². The summed E-state index contributed by atoms with van der Waals surface area (Å²) in [5, 5.41) is 11.2. The van der Waals surface area contributed by atoms with E-state index in [1.807, 2.05) is 39.0 Å². The van der Waals surface area contributed by atoms with E-state index in [1.165, 1.54) is 0 Å². The van der Waals surface area contributed by atoms with Gasteiger partial charge in [0.1, 0.15) is 13.2 Å². The molecule has 8 nitrogen and oxygen atoms in total. The molecular formula is C18H25N5O3. The standard InChI is InChI=1S/C18H25N5O3/c1-4-18(5-2,11-19)20-17(24)16-12(3)23(22-21-16)13-6-7-14-15(10-13)26-9-8-25-14/h6-7,10H,4-5,8-9,11,19H2,1-3H3,(H,20,24). The fourth-order valence-corrected chi connectivity index (χ4v) is 3.01. The molecule has 1 aromatic carbocycles. The van der Waals surface area contributed by atoms with Gasteiger partial charge in [-0.1, -0.05) is 19.1 Å². The van der Waals surface area contributed by atoms with E-state index >= 15 is 0 Å². The maximum Gasteiger partial charge on any atom is 0.274 e. The number of nitrogens with zero attached hydrogens (tertiary/aromatic N) is 3. The summed E-state index contributed by atoms with van der Waals surface area (Å²) in [7, 11) is 0. The molecule has 1 aliphatic rings. The van der Waals surface area contributed by atoms with Crippen LogP contribution in [0.25, 0.3) is 5.69 Å². The van der Waals surface area contributed by atoms with Crippen molar-refractivity contribution in [2.45, 2.75) is 39.2 Å². The minimum absolute atomic E-state index is 0.263. The van der Waals surface area contributed by atoms with Crippen molar-refractivity contribution in [1.82, 2.24) is 20.3 Å². The SMILES string of the molecule is CCC(CC)(CN)NC(=O)c1nnn(-c2ccc3c(c2)OCCO3)c1C. The van der Waals surface area contributed by atoms with Crippen LogP contribution in [-0.4, -0.2) is 46.2 Å². The zero-order valence-corrected chi connectivity index (χ0v) is 15.4. The summed E-state index contributed by atoms with van der Waals surface area (Å²) >= 11 is 0. The Bertz CT molecular complexity index is 790. The van der Waals surface area contributed by atoms with Crippen LogP contribution in [0.3, 0.4) is 0 Å². The van der Waals surface area contributed by atoms with Gasteiger partial charge in [-0.05, 0) is 31.9 Å². The fourth-order valence-electron chi connectivity index (χ4n) is 3.01. The van der Waals surface area contributed by atoms with Crippen molar-refractivity contribution in [3.05, 3.63) is 29.6 Å². The molecule has 0 radical (unpaired) electrons. The van der Waals surface area contributed by atoms with Crippen molar-refractivity contribution in [1.29, 1.82) is 0 Å². The van der Waals surface area contributed by atoms with Gasteiger partial charge in [0.15, 0.2) is 17.2 Å².